The van der Waals surface area contributed by atoms with Crippen molar-refractivity contribution >= 4 is 21.8 Å². The molecule has 4 nitrogen and oxygen atoms in total. The maximum Gasteiger partial charge on any atom is 0.223 e. The molecule has 1 amide bonds. The second kappa shape index (κ2) is 8.17. The van der Waals surface area contributed by atoms with Gasteiger partial charge in [-0.2, -0.15) is 0 Å². The first kappa shape index (κ1) is 16.0. The lowest BCUT2D eigenvalue weighted by Gasteiger charge is -2.10. The summed E-state index contributed by atoms with van der Waals surface area (Å²) in [5.74, 6) is 0.748. The summed E-state index contributed by atoms with van der Waals surface area (Å²) >= 11 is 3.43. The summed E-state index contributed by atoms with van der Waals surface area (Å²) in [6.45, 7) is 4.92. The van der Waals surface area contributed by atoms with Gasteiger partial charge in [-0.15, -0.1) is 0 Å². The van der Waals surface area contributed by atoms with Crippen molar-refractivity contribution in [2.45, 2.75) is 32.7 Å². The molecule has 1 rings (SSSR count). The molecule has 0 bridgehead atoms. The quantitative estimate of drug-likeness (QED) is 0.807. The maximum atomic E-state index is 11.5. The molecule has 0 spiro atoms. The van der Waals surface area contributed by atoms with Crippen LogP contribution in [0.5, 0.6) is 5.75 Å². The van der Waals surface area contributed by atoms with Crippen LogP contribution in [0.15, 0.2) is 22.7 Å². The smallest absolute Gasteiger partial charge is 0.223 e. The number of aryl methyl sites for hydroxylation is 1. The van der Waals surface area contributed by atoms with Crippen LogP contribution in [-0.4, -0.2) is 25.1 Å². The molecule has 1 unspecified atom stereocenters. The van der Waals surface area contributed by atoms with Crippen LogP contribution in [0.2, 0.25) is 0 Å². The van der Waals surface area contributed by atoms with Crippen LogP contribution in [0, 0.1) is 6.92 Å². The number of hydrogen-bond acceptors (Lipinski definition) is 3. The molecule has 1 aromatic carbocycles. The summed E-state index contributed by atoms with van der Waals surface area (Å²) < 4.78 is 6.46. The molecule has 5 heteroatoms. The van der Waals surface area contributed by atoms with Gasteiger partial charge >= 0.3 is 0 Å². The third-order valence-electron chi connectivity index (χ3n) is 2.60. The van der Waals surface area contributed by atoms with Crippen LogP contribution in [0.4, 0.5) is 0 Å². The van der Waals surface area contributed by atoms with Gasteiger partial charge in [-0.3, -0.25) is 4.79 Å². The fraction of sp³-hybridized carbons (Fsp3) is 0.500. The van der Waals surface area contributed by atoms with E-state index in [1.165, 1.54) is 0 Å². The number of halogens is 1. The summed E-state index contributed by atoms with van der Waals surface area (Å²) in [4.78, 5) is 11.5. The number of nitrogens with two attached hydrogens (primary N) is 1. The van der Waals surface area contributed by atoms with Gasteiger partial charge in [-0.1, -0.05) is 6.07 Å². The van der Waals surface area contributed by atoms with Gasteiger partial charge in [-0.25, -0.2) is 0 Å². The fourth-order valence-corrected chi connectivity index (χ4v) is 2.11. The van der Waals surface area contributed by atoms with Crippen molar-refractivity contribution in [1.82, 2.24) is 5.32 Å². The molecule has 3 N–H and O–H groups in total. The average molecular weight is 329 g/mol. The molecule has 0 heterocycles. The van der Waals surface area contributed by atoms with Gasteiger partial charge in [0.2, 0.25) is 5.91 Å². The molecule has 0 radical (unpaired) electrons. The zero-order chi connectivity index (χ0) is 14.3. The highest BCUT2D eigenvalue weighted by atomic mass is 79.9. The van der Waals surface area contributed by atoms with E-state index in [-0.39, 0.29) is 11.9 Å². The van der Waals surface area contributed by atoms with E-state index in [0.29, 0.717) is 19.6 Å². The molecular weight excluding hydrogens is 308 g/mol. The molecule has 0 saturated carbocycles. The van der Waals surface area contributed by atoms with Gasteiger partial charge in [0, 0.05) is 12.6 Å². The first-order valence-corrected chi connectivity index (χ1v) is 7.19. The van der Waals surface area contributed by atoms with Gasteiger partial charge in [0.25, 0.3) is 0 Å². The van der Waals surface area contributed by atoms with Crippen LogP contribution in [0.3, 0.4) is 0 Å². The van der Waals surface area contributed by atoms with E-state index in [0.717, 1.165) is 22.2 Å². The molecule has 1 aromatic rings. The van der Waals surface area contributed by atoms with E-state index in [9.17, 15) is 4.79 Å². The Kier molecular flexibility index (Phi) is 6.87. The number of carbonyl (C=O) groups is 1. The van der Waals surface area contributed by atoms with Crippen molar-refractivity contribution in [3.63, 3.8) is 0 Å². The van der Waals surface area contributed by atoms with E-state index in [2.05, 4.69) is 21.2 Å². The van der Waals surface area contributed by atoms with Gasteiger partial charge in [-0.05, 0) is 53.9 Å². The van der Waals surface area contributed by atoms with E-state index < -0.39 is 0 Å². The number of amides is 1. The topological polar surface area (TPSA) is 64.3 Å². The largest absolute Gasteiger partial charge is 0.492 e. The Morgan fingerprint density at radius 2 is 2.26 bits per heavy atom. The van der Waals surface area contributed by atoms with Crippen molar-refractivity contribution in [2.75, 3.05) is 13.2 Å². The first-order chi connectivity index (χ1) is 8.99. The number of hydrogen-bond donors (Lipinski definition) is 2. The Hall–Kier alpha value is -1.07. The van der Waals surface area contributed by atoms with Crippen molar-refractivity contribution in [3.8, 4) is 5.75 Å². The van der Waals surface area contributed by atoms with E-state index in [4.69, 9.17) is 10.5 Å². The predicted octanol–water partition coefficient (Wildman–Crippen LogP) is 2.38. The highest BCUT2D eigenvalue weighted by Gasteiger charge is 2.04. The lowest BCUT2D eigenvalue weighted by Crippen LogP contribution is -2.29. The number of nitrogens with one attached hydrogen (secondary N) is 1. The van der Waals surface area contributed by atoms with Crippen molar-refractivity contribution in [1.29, 1.82) is 0 Å². The standard InChI is InChI=1S/C14H21BrN2O2/c1-10-3-4-13(12(15)9-10)19-8-6-14(18)17-7-5-11(2)16/h3-4,9,11H,5-8,16H2,1-2H3,(H,17,18). The average Bonchev–Trinajstić information content (AvgIpc) is 2.31. The zero-order valence-corrected chi connectivity index (χ0v) is 13.0. The van der Waals surface area contributed by atoms with Crippen LogP contribution in [0.1, 0.15) is 25.3 Å². The van der Waals surface area contributed by atoms with Crippen LogP contribution >= 0.6 is 15.9 Å². The van der Waals surface area contributed by atoms with Gasteiger partial charge < -0.3 is 15.8 Å². The van der Waals surface area contributed by atoms with Crippen LogP contribution in [-0.2, 0) is 4.79 Å². The lowest BCUT2D eigenvalue weighted by atomic mass is 10.2. The summed E-state index contributed by atoms with van der Waals surface area (Å²) in [5.41, 5.74) is 6.76. The van der Waals surface area contributed by atoms with E-state index in [1.54, 1.807) is 0 Å². The molecule has 0 aliphatic carbocycles. The summed E-state index contributed by atoms with van der Waals surface area (Å²) in [6, 6.07) is 5.97. The second-order valence-electron chi connectivity index (χ2n) is 4.65. The first-order valence-electron chi connectivity index (χ1n) is 6.40. The number of rotatable bonds is 7. The minimum absolute atomic E-state index is 0.0103. The van der Waals surface area contributed by atoms with Gasteiger partial charge in [0.15, 0.2) is 0 Å². The van der Waals surface area contributed by atoms with Crippen LogP contribution < -0.4 is 15.8 Å². The summed E-state index contributed by atoms with van der Waals surface area (Å²) in [5, 5.41) is 2.81. The SMILES string of the molecule is Cc1ccc(OCCC(=O)NCCC(C)N)c(Br)c1. The molecule has 0 fully saturated rings. The van der Waals surface area contributed by atoms with Gasteiger partial charge in [0.05, 0.1) is 17.5 Å². The molecular formula is C14H21BrN2O2. The minimum Gasteiger partial charge on any atom is -0.492 e. The maximum absolute atomic E-state index is 11.5. The lowest BCUT2D eigenvalue weighted by molar-refractivity contribution is -0.121. The van der Waals surface area contributed by atoms with Crippen molar-refractivity contribution in [2.24, 2.45) is 5.73 Å². The molecule has 0 saturated heterocycles. The molecule has 0 aliphatic heterocycles. The Bertz CT molecular complexity index is 422. The third-order valence-corrected chi connectivity index (χ3v) is 3.22. The van der Waals surface area contributed by atoms with Crippen LogP contribution in [0.25, 0.3) is 0 Å². The second-order valence-corrected chi connectivity index (χ2v) is 5.50. The van der Waals surface area contributed by atoms with E-state index in [1.807, 2.05) is 32.0 Å². The molecule has 1 atom stereocenters. The summed E-state index contributed by atoms with van der Waals surface area (Å²) in [7, 11) is 0. The Balaban J connectivity index is 2.24. The highest BCUT2D eigenvalue weighted by molar-refractivity contribution is 9.10. The summed E-state index contributed by atoms with van der Waals surface area (Å²) in [6.07, 6.45) is 1.13. The highest BCUT2D eigenvalue weighted by Crippen LogP contribution is 2.25. The third kappa shape index (κ3) is 6.59. The molecule has 0 aromatic heterocycles. The number of benzene rings is 1. The predicted molar refractivity (Wildman–Crippen MR) is 80.3 cm³/mol. The monoisotopic (exact) mass is 328 g/mol. The molecule has 19 heavy (non-hydrogen) atoms. The molecule has 106 valence electrons. The number of carbonyl (C=O) groups excluding carboxylic acids is 1. The zero-order valence-electron chi connectivity index (χ0n) is 11.4. The minimum atomic E-state index is -0.0103. The Morgan fingerprint density at radius 3 is 2.89 bits per heavy atom. The molecule has 0 aliphatic rings. The fourth-order valence-electron chi connectivity index (χ4n) is 1.50. The Labute approximate surface area is 122 Å². The number of ether oxygens (including phenoxy) is 1. The normalized spacial score (nSPS) is 12.0. The van der Waals surface area contributed by atoms with E-state index >= 15 is 0 Å². The van der Waals surface area contributed by atoms with Gasteiger partial charge in [0.1, 0.15) is 5.75 Å². The van der Waals surface area contributed by atoms with Crippen molar-refractivity contribution in [3.05, 3.63) is 28.2 Å². The van der Waals surface area contributed by atoms with Crippen molar-refractivity contribution < 1.29 is 9.53 Å². The Morgan fingerprint density at radius 1 is 1.53 bits per heavy atom.